The molecule has 1 unspecified atom stereocenters. The molecule has 1 aromatic heterocycles. The van der Waals surface area contributed by atoms with E-state index < -0.39 is 0 Å². The summed E-state index contributed by atoms with van der Waals surface area (Å²) in [5.41, 5.74) is 9.74. The average molecular weight is 226 g/mol. The van der Waals surface area contributed by atoms with E-state index in [0.717, 1.165) is 28.9 Å². The van der Waals surface area contributed by atoms with E-state index in [1.165, 1.54) is 0 Å². The van der Waals surface area contributed by atoms with Gasteiger partial charge in [-0.25, -0.2) is 0 Å². The van der Waals surface area contributed by atoms with Crippen molar-refractivity contribution >= 4 is 5.78 Å². The smallest absolute Gasteiger partial charge is 0.166 e. The van der Waals surface area contributed by atoms with Crippen LogP contribution in [0.25, 0.3) is 11.3 Å². The number of nitrogens with two attached hydrogens (primary N) is 1. The molecule has 0 saturated carbocycles. The highest BCUT2D eigenvalue weighted by Gasteiger charge is 2.24. The SMILES string of the molecule is NC1CC(=O)c2cc(-c3ccccc3)[nH]c2C1. The molecule has 3 N–H and O–H groups in total. The van der Waals surface area contributed by atoms with Gasteiger partial charge in [0.2, 0.25) is 0 Å². The summed E-state index contributed by atoms with van der Waals surface area (Å²) in [6.07, 6.45) is 1.22. The number of carbonyl (C=O) groups is 1. The van der Waals surface area contributed by atoms with Crippen LogP contribution >= 0.6 is 0 Å². The number of ketones is 1. The van der Waals surface area contributed by atoms with Crippen LogP contribution in [0, 0.1) is 0 Å². The van der Waals surface area contributed by atoms with Gasteiger partial charge in [0.15, 0.2) is 5.78 Å². The molecule has 1 aliphatic carbocycles. The Bertz CT molecular complexity index is 557. The van der Waals surface area contributed by atoms with E-state index in [4.69, 9.17) is 5.73 Å². The maximum absolute atomic E-state index is 11.8. The van der Waals surface area contributed by atoms with Crippen molar-refractivity contribution in [2.24, 2.45) is 5.73 Å². The summed E-state index contributed by atoms with van der Waals surface area (Å²) in [6, 6.07) is 11.9. The molecule has 0 fully saturated rings. The van der Waals surface area contributed by atoms with Crippen LogP contribution in [-0.2, 0) is 6.42 Å². The van der Waals surface area contributed by atoms with Crippen molar-refractivity contribution in [1.82, 2.24) is 4.98 Å². The lowest BCUT2D eigenvalue weighted by molar-refractivity contribution is 0.0965. The van der Waals surface area contributed by atoms with Crippen LogP contribution in [0.2, 0.25) is 0 Å². The number of benzene rings is 1. The Morgan fingerprint density at radius 1 is 1.18 bits per heavy atom. The Morgan fingerprint density at radius 2 is 1.94 bits per heavy atom. The van der Waals surface area contributed by atoms with Crippen molar-refractivity contribution in [3.63, 3.8) is 0 Å². The van der Waals surface area contributed by atoms with Crippen LogP contribution in [0.5, 0.6) is 0 Å². The van der Waals surface area contributed by atoms with Crippen molar-refractivity contribution in [3.8, 4) is 11.3 Å². The molecule has 3 rings (SSSR count). The lowest BCUT2D eigenvalue weighted by Crippen LogP contribution is -2.31. The number of fused-ring (bicyclic) bond motifs is 1. The van der Waals surface area contributed by atoms with E-state index in [0.29, 0.717) is 6.42 Å². The molecule has 0 amide bonds. The van der Waals surface area contributed by atoms with Crippen molar-refractivity contribution in [1.29, 1.82) is 0 Å². The summed E-state index contributed by atoms with van der Waals surface area (Å²) in [5, 5.41) is 0. The second-order valence-corrected chi connectivity index (χ2v) is 4.53. The fraction of sp³-hybridized carbons (Fsp3) is 0.214. The van der Waals surface area contributed by atoms with Crippen molar-refractivity contribution in [2.45, 2.75) is 18.9 Å². The molecular formula is C14H14N2O. The van der Waals surface area contributed by atoms with Gasteiger partial charge in [-0.2, -0.15) is 0 Å². The quantitative estimate of drug-likeness (QED) is 0.782. The lowest BCUT2D eigenvalue weighted by atomic mass is 9.93. The van der Waals surface area contributed by atoms with E-state index in [-0.39, 0.29) is 11.8 Å². The molecule has 86 valence electrons. The van der Waals surface area contributed by atoms with Gasteiger partial charge in [0.25, 0.3) is 0 Å². The Morgan fingerprint density at radius 3 is 2.71 bits per heavy atom. The standard InChI is InChI=1S/C14H14N2O/c15-10-6-13-11(14(17)7-10)8-12(16-13)9-4-2-1-3-5-9/h1-5,8,10,16H,6-7,15H2. The molecule has 3 heteroatoms. The Hall–Kier alpha value is -1.87. The zero-order valence-electron chi connectivity index (χ0n) is 9.44. The topological polar surface area (TPSA) is 58.9 Å². The first kappa shape index (κ1) is 10.3. The van der Waals surface area contributed by atoms with E-state index in [1.807, 2.05) is 36.4 Å². The molecule has 1 aliphatic rings. The predicted octanol–water partition coefficient (Wildman–Crippen LogP) is 2.14. The molecule has 0 saturated heterocycles. The Kier molecular flexibility index (Phi) is 2.34. The van der Waals surface area contributed by atoms with Gasteiger partial charge in [0, 0.05) is 35.8 Å². The van der Waals surface area contributed by atoms with Gasteiger partial charge in [-0.1, -0.05) is 30.3 Å². The van der Waals surface area contributed by atoms with Gasteiger partial charge in [0.1, 0.15) is 0 Å². The predicted molar refractivity (Wildman–Crippen MR) is 66.9 cm³/mol. The molecule has 1 heterocycles. The summed E-state index contributed by atoms with van der Waals surface area (Å²) >= 11 is 0. The molecular weight excluding hydrogens is 212 g/mol. The number of H-pyrrole nitrogens is 1. The first-order valence-corrected chi connectivity index (χ1v) is 5.80. The van der Waals surface area contributed by atoms with E-state index in [1.54, 1.807) is 0 Å². The van der Waals surface area contributed by atoms with E-state index in [9.17, 15) is 4.79 Å². The van der Waals surface area contributed by atoms with E-state index in [2.05, 4.69) is 4.98 Å². The molecule has 0 aliphatic heterocycles. The lowest BCUT2D eigenvalue weighted by Gasteiger charge is -2.16. The average Bonchev–Trinajstić information content (AvgIpc) is 2.74. The highest BCUT2D eigenvalue weighted by atomic mass is 16.1. The van der Waals surface area contributed by atoms with Crippen LogP contribution < -0.4 is 5.73 Å². The summed E-state index contributed by atoms with van der Waals surface area (Å²) in [7, 11) is 0. The summed E-state index contributed by atoms with van der Waals surface area (Å²) in [6.45, 7) is 0. The summed E-state index contributed by atoms with van der Waals surface area (Å²) in [4.78, 5) is 15.2. The van der Waals surface area contributed by atoms with Crippen LogP contribution in [-0.4, -0.2) is 16.8 Å². The van der Waals surface area contributed by atoms with Crippen LogP contribution in [0.1, 0.15) is 22.5 Å². The van der Waals surface area contributed by atoms with Crippen LogP contribution in [0.15, 0.2) is 36.4 Å². The van der Waals surface area contributed by atoms with Gasteiger partial charge < -0.3 is 10.7 Å². The first-order chi connectivity index (χ1) is 8.24. The number of Topliss-reactive ketones (excluding diaryl/α,β-unsaturated/α-hetero) is 1. The third-order valence-electron chi connectivity index (χ3n) is 3.20. The van der Waals surface area contributed by atoms with Crippen molar-refractivity contribution in [2.75, 3.05) is 0 Å². The molecule has 0 bridgehead atoms. The molecule has 3 nitrogen and oxygen atoms in total. The Balaban J connectivity index is 2.06. The minimum absolute atomic E-state index is 0.0442. The third-order valence-corrected chi connectivity index (χ3v) is 3.20. The molecule has 1 aromatic carbocycles. The number of nitrogens with one attached hydrogen (secondary N) is 1. The van der Waals surface area contributed by atoms with E-state index >= 15 is 0 Å². The fourth-order valence-electron chi connectivity index (χ4n) is 2.36. The normalized spacial score (nSPS) is 19.1. The van der Waals surface area contributed by atoms with Crippen molar-refractivity contribution in [3.05, 3.63) is 47.7 Å². The summed E-state index contributed by atoms with van der Waals surface area (Å²) in [5.74, 6) is 0.150. The monoisotopic (exact) mass is 226 g/mol. The zero-order valence-corrected chi connectivity index (χ0v) is 9.44. The zero-order chi connectivity index (χ0) is 11.8. The number of aromatic amines is 1. The molecule has 0 spiro atoms. The second kappa shape index (κ2) is 3.86. The molecule has 1 atom stereocenters. The highest BCUT2D eigenvalue weighted by Crippen LogP contribution is 2.26. The Labute approximate surface area is 99.7 Å². The van der Waals surface area contributed by atoms with Gasteiger partial charge in [-0.3, -0.25) is 4.79 Å². The third kappa shape index (κ3) is 1.78. The van der Waals surface area contributed by atoms with Gasteiger partial charge in [-0.05, 0) is 11.6 Å². The second-order valence-electron chi connectivity index (χ2n) is 4.53. The maximum Gasteiger partial charge on any atom is 0.166 e. The number of aromatic nitrogens is 1. The van der Waals surface area contributed by atoms with Crippen LogP contribution in [0.3, 0.4) is 0 Å². The number of hydrogen-bond donors (Lipinski definition) is 2. The highest BCUT2D eigenvalue weighted by molar-refractivity contribution is 6.00. The maximum atomic E-state index is 11.8. The fourth-order valence-corrected chi connectivity index (χ4v) is 2.36. The minimum Gasteiger partial charge on any atom is -0.358 e. The largest absolute Gasteiger partial charge is 0.358 e. The summed E-state index contributed by atoms with van der Waals surface area (Å²) < 4.78 is 0. The van der Waals surface area contributed by atoms with Gasteiger partial charge in [-0.15, -0.1) is 0 Å². The molecule has 17 heavy (non-hydrogen) atoms. The molecule has 2 aromatic rings. The van der Waals surface area contributed by atoms with Gasteiger partial charge in [0.05, 0.1) is 0 Å². The minimum atomic E-state index is -0.0442. The van der Waals surface area contributed by atoms with Gasteiger partial charge >= 0.3 is 0 Å². The van der Waals surface area contributed by atoms with Crippen molar-refractivity contribution < 1.29 is 4.79 Å². The number of carbonyl (C=O) groups excluding carboxylic acids is 1. The number of rotatable bonds is 1. The first-order valence-electron chi connectivity index (χ1n) is 5.80. The van der Waals surface area contributed by atoms with Crippen LogP contribution in [0.4, 0.5) is 0 Å². The number of hydrogen-bond acceptors (Lipinski definition) is 2. The molecule has 0 radical (unpaired) electrons.